The average Bonchev–Trinajstić information content (AvgIpc) is 1.93. The van der Waals surface area contributed by atoms with Crippen LogP contribution in [0.4, 0.5) is 0 Å². The van der Waals surface area contributed by atoms with Gasteiger partial charge in [-0.2, -0.15) is 0 Å². The topological polar surface area (TPSA) is 21.3 Å². The Labute approximate surface area is 69.3 Å². The molecule has 1 N–H and O–H groups in total. The highest BCUT2D eigenvalue weighted by molar-refractivity contribution is 4.75. The molecule has 0 radical (unpaired) electrons. The van der Waals surface area contributed by atoms with Crippen molar-refractivity contribution in [3.8, 4) is 0 Å². The van der Waals surface area contributed by atoms with E-state index in [2.05, 4.69) is 26.1 Å². The zero-order chi connectivity index (χ0) is 8.27. The summed E-state index contributed by atoms with van der Waals surface area (Å²) in [4.78, 5) is 0. The number of rotatable bonds is 2. The molecule has 0 aromatic carbocycles. The molecule has 66 valence electrons. The molecule has 0 saturated carbocycles. The molecule has 1 rings (SSSR count). The Morgan fingerprint density at radius 3 is 2.73 bits per heavy atom. The van der Waals surface area contributed by atoms with Crippen LogP contribution in [0.2, 0.25) is 0 Å². The van der Waals surface area contributed by atoms with Gasteiger partial charge >= 0.3 is 0 Å². The number of piperidine rings is 1. The van der Waals surface area contributed by atoms with Gasteiger partial charge in [0.1, 0.15) is 0 Å². The molecule has 0 amide bonds. The lowest BCUT2D eigenvalue weighted by Gasteiger charge is -2.30. The zero-order valence-corrected chi connectivity index (χ0v) is 7.76. The van der Waals surface area contributed by atoms with Gasteiger partial charge in [0.15, 0.2) is 0 Å². The van der Waals surface area contributed by atoms with E-state index in [9.17, 15) is 0 Å². The summed E-state index contributed by atoms with van der Waals surface area (Å²) in [6, 6.07) is 0. The first-order chi connectivity index (χ1) is 5.20. The fourth-order valence-electron chi connectivity index (χ4n) is 1.54. The maximum Gasteiger partial charge on any atom is 0.0628 e. The number of hydrogen-bond donors (Lipinski definition) is 1. The Morgan fingerprint density at radius 2 is 2.18 bits per heavy atom. The molecular formula is C9H19NO. The van der Waals surface area contributed by atoms with Gasteiger partial charge in [0.25, 0.3) is 0 Å². The Morgan fingerprint density at radius 1 is 1.45 bits per heavy atom. The molecule has 0 aromatic heterocycles. The molecule has 0 spiro atoms. The average molecular weight is 157 g/mol. The van der Waals surface area contributed by atoms with Crippen LogP contribution in [0.3, 0.4) is 0 Å². The summed E-state index contributed by atoms with van der Waals surface area (Å²) in [7, 11) is 0. The molecule has 11 heavy (non-hydrogen) atoms. The van der Waals surface area contributed by atoms with E-state index in [-0.39, 0.29) is 0 Å². The van der Waals surface area contributed by atoms with E-state index in [1.54, 1.807) is 0 Å². The summed E-state index contributed by atoms with van der Waals surface area (Å²) in [5.74, 6) is 0.672. The molecule has 0 aromatic rings. The van der Waals surface area contributed by atoms with Crippen molar-refractivity contribution in [2.75, 3.05) is 13.1 Å². The molecule has 0 unspecified atom stereocenters. The summed E-state index contributed by atoms with van der Waals surface area (Å²) in [5, 5.41) is 3.36. The van der Waals surface area contributed by atoms with Crippen LogP contribution in [0.5, 0.6) is 0 Å². The van der Waals surface area contributed by atoms with E-state index >= 15 is 0 Å². The quantitative estimate of drug-likeness (QED) is 0.654. The van der Waals surface area contributed by atoms with E-state index in [1.807, 2.05) is 0 Å². The van der Waals surface area contributed by atoms with Crippen molar-refractivity contribution in [3.63, 3.8) is 0 Å². The van der Waals surface area contributed by atoms with Gasteiger partial charge in [0.05, 0.1) is 12.2 Å². The van der Waals surface area contributed by atoms with Gasteiger partial charge in [-0.25, -0.2) is 0 Å². The summed E-state index contributed by atoms with van der Waals surface area (Å²) >= 11 is 0. The predicted molar refractivity (Wildman–Crippen MR) is 46.7 cm³/mol. The van der Waals surface area contributed by atoms with Crippen LogP contribution in [0.1, 0.15) is 27.2 Å². The standard InChI is InChI=1S/C9H19NO/c1-7(2)11-9-4-5-10-6-8(9)3/h7-10H,4-6H2,1-3H3/t8-,9-/m1/s1. The second-order valence-corrected chi connectivity index (χ2v) is 3.69. The molecule has 2 heteroatoms. The third kappa shape index (κ3) is 2.80. The molecule has 0 bridgehead atoms. The first-order valence-corrected chi connectivity index (χ1v) is 4.56. The molecule has 1 fully saturated rings. The molecule has 0 aliphatic carbocycles. The minimum atomic E-state index is 0.376. The van der Waals surface area contributed by atoms with Crippen molar-refractivity contribution >= 4 is 0 Å². The second-order valence-electron chi connectivity index (χ2n) is 3.69. The largest absolute Gasteiger partial charge is 0.375 e. The fraction of sp³-hybridized carbons (Fsp3) is 1.00. The predicted octanol–water partition coefficient (Wildman–Crippen LogP) is 1.41. The van der Waals surface area contributed by atoms with E-state index in [4.69, 9.17) is 4.74 Å². The van der Waals surface area contributed by atoms with Crippen LogP contribution in [-0.2, 0) is 4.74 Å². The Balaban J connectivity index is 2.29. The highest BCUT2D eigenvalue weighted by Crippen LogP contribution is 2.15. The minimum absolute atomic E-state index is 0.376. The zero-order valence-electron chi connectivity index (χ0n) is 7.76. The van der Waals surface area contributed by atoms with Crippen LogP contribution in [0.25, 0.3) is 0 Å². The summed E-state index contributed by atoms with van der Waals surface area (Å²) < 4.78 is 5.76. The number of hydrogen-bond acceptors (Lipinski definition) is 2. The van der Waals surface area contributed by atoms with Crippen molar-refractivity contribution in [1.29, 1.82) is 0 Å². The molecule has 2 atom stereocenters. The minimum Gasteiger partial charge on any atom is -0.375 e. The van der Waals surface area contributed by atoms with E-state index in [0.29, 0.717) is 18.1 Å². The third-order valence-electron chi connectivity index (χ3n) is 2.15. The maximum absolute atomic E-state index is 5.76. The fourth-order valence-corrected chi connectivity index (χ4v) is 1.54. The lowest BCUT2D eigenvalue weighted by molar-refractivity contribution is -0.0350. The Kier molecular flexibility index (Phi) is 3.34. The number of ether oxygens (including phenoxy) is 1. The highest BCUT2D eigenvalue weighted by Gasteiger charge is 2.21. The van der Waals surface area contributed by atoms with Gasteiger partial charge < -0.3 is 10.1 Å². The van der Waals surface area contributed by atoms with Crippen molar-refractivity contribution in [1.82, 2.24) is 5.32 Å². The monoisotopic (exact) mass is 157 g/mol. The maximum atomic E-state index is 5.76. The van der Waals surface area contributed by atoms with Crippen molar-refractivity contribution < 1.29 is 4.74 Å². The number of nitrogens with one attached hydrogen (secondary N) is 1. The lowest BCUT2D eigenvalue weighted by Crippen LogP contribution is -2.40. The second kappa shape index (κ2) is 4.07. The first-order valence-electron chi connectivity index (χ1n) is 4.56. The van der Waals surface area contributed by atoms with Crippen LogP contribution in [-0.4, -0.2) is 25.3 Å². The third-order valence-corrected chi connectivity index (χ3v) is 2.15. The van der Waals surface area contributed by atoms with E-state index in [1.165, 1.54) is 6.42 Å². The Hall–Kier alpha value is -0.0800. The summed E-state index contributed by atoms with van der Waals surface area (Å²) in [6.45, 7) is 8.68. The van der Waals surface area contributed by atoms with E-state index in [0.717, 1.165) is 13.1 Å². The molecule has 1 aliphatic rings. The first kappa shape index (κ1) is 9.01. The molecule has 2 nitrogen and oxygen atoms in total. The smallest absolute Gasteiger partial charge is 0.0628 e. The molecule has 1 heterocycles. The van der Waals surface area contributed by atoms with Gasteiger partial charge in [0, 0.05) is 6.54 Å². The van der Waals surface area contributed by atoms with Gasteiger partial charge in [-0.1, -0.05) is 6.92 Å². The van der Waals surface area contributed by atoms with Crippen LogP contribution >= 0.6 is 0 Å². The van der Waals surface area contributed by atoms with Gasteiger partial charge in [0.2, 0.25) is 0 Å². The Bertz CT molecular complexity index is 114. The lowest BCUT2D eigenvalue weighted by atomic mass is 9.98. The molecular weight excluding hydrogens is 138 g/mol. The summed E-state index contributed by atoms with van der Waals surface area (Å²) in [6.07, 6.45) is 2.02. The van der Waals surface area contributed by atoms with Crippen LogP contribution in [0, 0.1) is 5.92 Å². The normalized spacial score (nSPS) is 32.7. The van der Waals surface area contributed by atoms with Crippen LogP contribution in [0.15, 0.2) is 0 Å². The summed E-state index contributed by atoms with van der Waals surface area (Å²) in [5.41, 5.74) is 0. The highest BCUT2D eigenvalue weighted by atomic mass is 16.5. The van der Waals surface area contributed by atoms with Crippen molar-refractivity contribution in [2.45, 2.75) is 39.4 Å². The van der Waals surface area contributed by atoms with Gasteiger partial charge in [-0.05, 0) is 32.7 Å². The van der Waals surface area contributed by atoms with E-state index < -0.39 is 0 Å². The molecule has 1 saturated heterocycles. The SMILES string of the molecule is CC(C)O[C@@H]1CCNC[C@H]1C. The van der Waals surface area contributed by atoms with Crippen molar-refractivity contribution in [2.24, 2.45) is 5.92 Å². The van der Waals surface area contributed by atoms with Crippen molar-refractivity contribution in [3.05, 3.63) is 0 Å². The van der Waals surface area contributed by atoms with Gasteiger partial charge in [-0.3, -0.25) is 0 Å². The van der Waals surface area contributed by atoms with Crippen LogP contribution < -0.4 is 5.32 Å². The van der Waals surface area contributed by atoms with Gasteiger partial charge in [-0.15, -0.1) is 0 Å². The molecule has 1 aliphatic heterocycles.